The van der Waals surface area contributed by atoms with Gasteiger partial charge in [-0.05, 0) is 25.0 Å². The largest absolute Gasteiger partial charge is 0.255 e. The highest BCUT2D eigenvalue weighted by molar-refractivity contribution is 5.37. The zero-order chi connectivity index (χ0) is 7.14. The normalized spacial score (nSPS) is 12.6. The Balaban J connectivity index is 2.93. The number of rotatable bonds is 0. The first-order valence-electron chi connectivity index (χ1n) is 3.43. The van der Waals surface area contributed by atoms with E-state index >= 15 is 0 Å². The van der Waals surface area contributed by atoms with Gasteiger partial charge in [-0.1, -0.05) is 12.1 Å². The Labute approximate surface area is 59.7 Å². The van der Waals surface area contributed by atoms with Crippen LogP contribution in [0.5, 0.6) is 0 Å². The standard InChI is InChI=1S/C9H9N/c1-6-3-4-8-5-10-9(8)7(6)2/h3-5H,1-2H3. The van der Waals surface area contributed by atoms with Crippen molar-refractivity contribution in [2.24, 2.45) is 4.99 Å². The molecule has 0 bridgehead atoms. The van der Waals surface area contributed by atoms with Crippen LogP contribution >= 0.6 is 0 Å². The molecule has 1 aromatic rings. The predicted molar refractivity (Wildman–Crippen MR) is 41.2 cm³/mol. The Morgan fingerprint density at radius 1 is 1.20 bits per heavy atom. The van der Waals surface area contributed by atoms with E-state index in [0.717, 1.165) is 0 Å². The molecule has 1 heteroatoms. The van der Waals surface area contributed by atoms with Crippen molar-refractivity contribution in [3.05, 3.63) is 33.8 Å². The van der Waals surface area contributed by atoms with Crippen LogP contribution in [-0.4, -0.2) is 0 Å². The zero-order valence-corrected chi connectivity index (χ0v) is 6.18. The second-order valence-electron chi connectivity index (χ2n) is 2.70. The van der Waals surface area contributed by atoms with Gasteiger partial charge in [0.15, 0.2) is 0 Å². The van der Waals surface area contributed by atoms with Crippen molar-refractivity contribution in [1.82, 2.24) is 0 Å². The molecule has 1 heterocycles. The highest BCUT2D eigenvalue weighted by Crippen LogP contribution is 1.98. The maximum absolute atomic E-state index is 4.17. The average Bonchev–Trinajstić information content (AvgIpc) is 1.82. The summed E-state index contributed by atoms with van der Waals surface area (Å²) in [6.07, 6.45) is 1.90. The molecule has 0 amide bonds. The SMILES string of the molecule is Cc1ccc2c(c1C)=NC=2. The minimum Gasteiger partial charge on any atom is -0.255 e. The van der Waals surface area contributed by atoms with Crippen LogP contribution in [0.3, 0.4) is 0 Å². The lowest BCUT2D eigenvalue weighted by molar-refractivity contribution is 1.16. The van der Waals surface area contributed by atoms with E-state index in [4.69, 9.17) is 0 Å². The van der Waals surface area contributed by atoms with Gasteiger partial charge < -0.3 is 0 Å². The molecule has 0 spiro atoms. The molecular formula is C9H9N. The molecule has 0 fully saturated rings. The van der Waals surface area contributed by atoms with Crippen molar-refractivity contribution in [1.29, 1.82) is 0 Å². The first-order chi connectivity index (χ1) is 4.79. The van der Waals surface area contributed by atoms with E-state index in [0.29, 0.717) is 0 Å². The van der Waals surface area contributed by atoms with Gasteiger partial charge in [-0.3, -0.25) is 4.99 Å². The number of aryl methyl sites for hydroxylation is 1. The van der Waals surface area contributed by atoms with Gasteiger partial charge in [-0.25, -0.2) is 0 Å². The van der Waals surface area contributed by atoms with E-state index in [1.807, 2.05) is 6.20 Å². The van der Waals surface area contributed by atoms with Crippen molar-refractivity contribution in [2.75, 3.05) is 0 Å². The summed E-state index contributed by atoms with van der Waals surface area (Å²) in [5.41, 5.74) is 2.65. The van der Waals surface area contributed by atoms with Gasteiger partial charge >= 0.3 is 0 Å². The molecule has 1 aromatic carbocycles. The molecule has 1 nitrogen and oxygen atoms in total. The van der Waals surface area contributed by atoms with Crippen LogP contribution < -0.4 is 10.6 Å². The summed E-state index contributed by atoms with van der Waals surface area (Å²) in [4.78, 5) is 4.17. The van der Waals surface area contributed by atoms with E-state index in [1.54, 1.807) is 0 Å². The Kier molecular flexibility index (Phi) is 0.956. The maximum Gasteiger partial charge on any atom is 0.0749 e. The monoisotopic (exact) mass is 131 g/mol. The second-order valence-corrected chi connectivity index (χ2v) is 2.70. The summed E-state index contributed by atoms with van der Waals surface area (Å²) in [7, 11) is 0. The third-order valence-corrected chi connectivity index (χ3v) is 2.07. The van der Waals surface area contributed by atoms with Crippen LogP contribution in [0.25, 0.3) is 6.20 Å². The van der Waals surface area contributed by atoms with E-state index in [-0.39, 0.29) is 0 Å². The zero-order valence-electron chi connectivity index (χ0n) is 6.18. The molecule has 10 heavy (non-hydrogen) atoms. The molecular weight excluding hydrogens is 122 g/mol. The number of hydrogen-bond acceptors (Lipinski definition) is 1. The third-order valence-electron chi connectivity index (χ3n) is 2.07. The van der Waals surface area contributed by atoms with Crippen molar-refractivity contribution in [3.63, 3.8) is 0 Å². The highest BCUT2D eigenvalue weighted by Gasteiger charge is 2.00. The van der Waals surface area contributed by atoms with Gasteiger partial charge in [-0.15, -0.1) is 0 Å². The molecule has 0 unspecified atom stereocenters. The van der Waals surface area contributed by atoms with Gasteiger partial charge in [-0.2, -0.15) is 0 Å². The minimum absolute atomic E-state index is 1.18. The van der Waals surface area contributed by atoms with Crippen LogP contribution in [0.15, 0.2) is 17.1 Å². The first-order valence-corrected chi connectivity index (χ1v) is 3.43. The van der Waals surface area contributed by atoms with Crippen LogP contribution in [0, 0.1) is 13.8 Å². The highest BCUT2D eigenvalue weighted by atomic mass is 14.7. The lowest BCUT2D eigenvalue weighted by Crippen LogP contribution is -2.33. The Hall–Kier alpha value is -1.11. The minimum atomic E-state index is 1.18. The second kappa shape index (κ2) is 1.69. The molecule has 50 valence electrons. The fourth-order valence-corrected chi connectivity index (χ4v) is 1.17. The summed E-state index contributed by atoms with van der Waals surface area (Å²) < 4.78 is 0. The Bertz CT molecular complexity index is 388. The molecule has 0 N–H and O–H groups in total. The van der Waals surface area contributed by atoms with Gasteiger partial charge in [0.1, 0.15) is 0 Å². The van der Waals surface area contributed by atoms with E-state index < -0.39 is 0 Å². The van der Waals surface area contributed by atoms with Crippen LogP contribution in [0.2, 0.25) is 0 Å². The lowest BCUT2D eigenvalue weighted by atomic mass is 10.1. The Morgan fingerprint density at radius 3 is 2.50 bits per heavy atom. The molecule has 0 saturated carbocycles. The summed E-state index contributed by atoms with van der Waals surface area (Å²) in [6.45, 7) is 4.23. The Morgan fingerprint density at radius 2 is 2.00 bits per heavy atom. The fraction of sp³-hybridized carbons (Fsp3) is 0.222. The quantitative estimate of drug-likeness (QED) is 0.491. The fourth-order valence-electron chi connectivity index (χ4n) is 1.17. The van der Waals surface area contributed by atoms with E-state index in [1.165, 1.54) is 21.7 Å². The van der Waals surface area contributed by atoms with Crippen LogP contribution in [0.1, 0.15) is 11.1 Å². The number of hydrogen-bond donors (Lipinski definition) is 0. The van der Waals surface area contributed by atoms with Crippen LogP contribution in [-0.2, 0) is 0 Å². The van der Waals surface area contributed by atoms with Gasteiger partial charge in [0.2, 0.25) is 0 Å². The predicted octanol–water partition coefficient (Wildman–Crippen LogP) is 0.675. The average molecular weight is 131 g/mol. The van der Waals surface area contributed by atoms with Gasteiger partial charge in [0, 0.05) is 11.4 Å². The topological polar surface area (TPSA) is 12.4 Å². The lowest BCUT2D eigenvalue weighted by Gasteiger charge is -2.03. The molecule has 0 radical (unpaired) electrons. The molecule has 1 aliphatic heterocycles. The third kappa shape index (κ3) is 0.548. The van der Waals surface area contributed by atoms with Crippen molar-refractivity contribution >= 4 is 6.20 Å². The van der Waals surface area contributed by atoms with Crippen molar-refractivity contribution in [2.45, 2.75) is 13.8 Å². The molecule has 0 aliphatic carbocycles. The number of benzene rings is 1. The summed E-state index contributed by atoms with van der Waals surface area (Å²) >= 11 is 0. The van der Waals surface area contributed by atoms with E-state index in [2.05, 4.69) is 31.0 Å². The summed E-state index contributed by atoms with van der Waals surface area (Å²) in [5.74, 6) is 0. The molecule has 0 aromatic heterocycles. The maximum atomic E-state index is 4.17. The molecule has 0 saturated heterocycles. The first kappa shape index (κ1) is 5.66. The molecule has 1 aliphatic rings. The number of fused-ring (bicyclic) bond motifs is 1. The van der Waals surface area contributed by atoms with Crippen molar-refractivity contribution < 1.29 is 0 Å². The van der Waals surface area contributed by atoms with Gasteiger partial charge in [0.05, 0.1) is 5.36 Å². The summed E-state index contributed by atoms with van der Waals surface area (Å²) in [5, 5.41) is 2.46. The molecule has 0 atom stereocenters. The number of nitrogens with zero attached hydrogens (tertiary/aromatic N) is 1. The van der Waals surface area contributed by atoms with Crippen LogP contribution in [0.4, 0.5) is 0 Å². The van der Waals surface area contributed by atoms with E-state index in [9.17, 15) is 0 Å². The smallest absolute Gasteiger partial charge is 0.0749 e. The molecule has 2 rings (SSSR count). The van der Waals surface area contributed by atoms with Gasteiger partial charge in [0.25, 0.3) is 0 Å². The summed E-state index contributed by atoms with van der Waals surface area (Å²) in [6, 6.07) is 4.25. The van der Waals surface area contributed by atoms with Crippen molar-refractivity contribution in [3.8, 4) is 0 Å².